The molecule has 38 heavy (non-hydrogen) atoms. The Morgan fingerprint density at radius 3 is 1.89 bits per heavy atom. The Balaban J connectivity index is 0.00000213. The summed E-state index contributed by atoms with van der Waals surface area (Å²) >= 11 is 0. The third-order valence-electron chi connectivity index (χ3n) is 5.75. The van der Waals surface area contributed by atoms with Crippen LogP contribution in [0.3, 0.4) is 0 Å². The number of amides is 1. The van der Waals surface area contributed by atoms with Crippen LogP contribution < -0.4 is 10.8 Å². The summed E-state index contributed by atoms with van der Waals surface area (Å²) in [5, 5.41) is 6.47. The van der Waals surface area contributed by atoms with Gasteiger partial charge >= 0.3 is 18.9 Å². The largest absolute Gasteiger partial charge is 0.494 e. The fourth-order valence-corrected chi connectivity index (χ4v) is 4.03. The molecular formula is C27H48BN3O6S. The van der Waals surface area contributed by atoms with E-state index in [-0.39, 0.29) is 22.7 Å². The van der Waals surface area contributed by atoms with Gasteiger partial charge in [-0.25, -0.2) is 8.42 Å². The van der Waals surface area contributed by atoms with E-state index in [9.17, 15) is 13.2 Å². The van der Waals surface area contributed by atoms with Crippen molar-refractivity contribution in [1.29, 1.82) is 0 Å². The Hall–Kier alpha value is -2.24. The van der Waals surface area contributed by atoms with E-state index in [1.807, 2.05) is 90.0 Å². The van der Waals surface area contributed by atoms with Gasteiger partial charge in [0.2, 0.25) is 0 Å². The van der Waals surface area contributed by atoms with Crippen LogP contribution in [0.25, 0.3) is 0 Å². The van der Waals surface area contributed by atoms with Crippen molar-refractivity contribution in [3.8, 4) is 0 Å². The molecule has 1 N–H and O–H groups in total. The summed E-state index contributed by atoms with van der Waals surface area (Å²) in [5.74, 6) is -0.349. The van der Waals surface area contributed by atoms with Gasteiger partial charge in [-0.15, -0.1) is 0 Å². The van der Waals surface area contributed by atoms with E-state index in [0.717, 1.165) is 6.26 Å². The van der Waals surface area contributed by atoms with Gasteiger partial charge < -0.3 is 19.1 Å². The fraction of sp³-hybridized carbons (Fsp3) is 0.667. The molecule has 1 fully saturated rings. The van der Waals surface area contributed by atoms with Crippen LogP contribution in [0.15, 0.2) is 27.6 Å². The molecule has 1 aromatic heterocycles. The molecule has 216 valence electrons. The van der Waals surface area contributed by atoms with Crippen LogP contribution in [0.4, 0.5) is 0 Å². The number of benzene rings is 1. The Morgan fingerprint density at radius 1 is 0.974 bits per heavy atom. The standard InChI is InChI=1S/C21H30BN3O6S.3C2H6/c1-19(2,3)18-24-17(29-25-18)16(26)23-12-13-9-10-14(11-15(13)32(8,27)28)22-30-20(4,5)21(6,7)31-22;3*1-2/h9-11H,12H2,1-8H3,(H,23,26);3*1-2H3. The summed E-state index contributed by atoms with van der Waals surface area (Å²) < 4.78 is 42.0. The van der Waals surface area contributed by atoms with Crippen molar-refractivity contribution < 1.29 is 27.0 Å². The van der Waals surface area contributed by atoms with Crippen LogP contribution in [0.5, 0.6) is 0 Å². The molecule has 0 spiro atoms. The smallest absolute Gasteiger partial charge is 0.399 e. The molecule has 0 unspecified atom stereocenters. The average Bonchev–Trinajstić information content (AvgIpc) is 3.43. The highest BCUT2D eigenvalue weighted by Gasteiger charge is 2.51. The molecule has 1 aromatic carbocycles. The van der Waals surface area contributed by atoms with E-state index in [4.69, 9.17) is 13.8 Å². The monoisotopic (exact) mass is 553 g/mol. The quantitative estimate of drug-likeness (QED) is 0.509. The number of carbonyl (C=O) groups excluding carboxylic acids is 1. The van der Waals surface area contributed by atoms with Crippen LogP contribution in [-0.4, -0.2) is 49.0 Å². The minimum atomic E-state index is -3.58. The van der Waals surface area contributed by atoms with Crippen molar-refractivity contribution in [2.75, 3.05) is 6.26 Å². The molecule has 2 heterocycles. The summed E-state index contributed by atoms with van der Waals surface area (Å²) in [6.45, 7) is 25.4. The number of hydrogen-bond donors (Lipinski definition) is 1. The first-order valence-electron chi connectivity index (χ1n) is 13.3. The van der Waals surface area contributed by atoms with Crippen LogP contribution in [0.2, 0.25) is 0 Å². The maximum absolute atomic E-state index is 12.5. The minimum absolute atomic E-state index is 0.0296. The topological polar surface area (TPSA) is 121 Å². The number of nitrogens with one attached hydrogen (secondary N) is 1. The molecule has 2 aromatic rings. The van der Waals surface area contributed by atoms with Crippen LogP contribution in [-0.2, 0) is 31.1 Å². The fourth-order valence-electron chi connectivity index (χ4n) is 3.06. The van der Waals surface area contributed by atoms with Crippen molar-refractivity contribution in [3.05, 3.63) is 35.5 Å². The second-order valence-electron chi connectivity index (χ2n) is 10.1. The zero-order valence-corrected chi connectivity index (χ0v) is 26.6. The lowest BCUT2D eigenvalue weighted by molar-refractivity contribution is 0.00578. The lowest BCUT2D eigenvalue weighted by Gasteiger charge is -2.32. The Morgan fingerprint density at radius 2 is 1.47 bits per heavy atom. The summed E-state index contributed by atoms with van der Waals surface area (Å²) in [4.78, 5) is 16.6. The lowest BCUT2D eigenvalue weighted by atomic mass is 9.79. The van der Waals surface area contributed by atoms with Gasteiger partial charge in [-0.2, -0.15) is 4.98 Å². The number of sulfone groups is 1. The zero-order chi connectivity index (χ0) is 30.1. The average molecular weight is 554 g/mol. The molecule has 1 amide bonds. The van der Waals surface area contributed by atoms with Crippen LogP contribution >= 0.6 is 0 Å². The van der Waals surface area contributed by atoms with E-state index < -0.39 is 34.1 Å². The molecule has 1 aliphatic rings. The Kier molecular flexibility index (Phi) is 13.4. The first-order chi connectivity index (χ1) is 17.5. The van der Waals surface area contributed by atoms with Gasteiger partial charge in [0.25, 0.3) is 0 Å². The Labute approximate surface area is 230 Å². The Bertz CT molecular complexity index is 1120. The molecule has 0 saturated carbocycles. The lowest BCUT2D eigenvalue weighted by Crippen LogP contribution is -2.41. The molecule has 0 atom stereocenters. The van der Waals surface area contributed by atoms with E-state index in [0.29, 0.717) is 16.9 Å². The highest BCUT2D eigenvalue weighted by molar-refractivity contribution is 7.90. The van der Waals surface area contributed by atoms with Crippen molar-refractivity contribution >= 4 is 28.3 Å². The SMILES string of the molecule is CC.CC.CC.CC(C)(C)c1noc(C(=O)NCc2ccc(B3OC(C)(C)C(C)(C)O3)cc2S(C)(=O)=O)n1. The minimum Gasteiger partial charge on any atom is -0.399 e. The second kappa shape index (κ2) is 14.2. The first kappa shape index (κ1) is 35.8. The zero-order valence-electron chi connectivity index (χ0n) is 25.8. The molecular weight excluding hydrogens is 505 g/mol. The second-order valence-corrected chi connectivity index (χ2v) is 12.1. The van der Waals surface area contributed by atoms with Crippen molar-refractivity contribution in [2.45, 2.75) is 118 Å². The van der Waals surface area contributed by atoms with Crippen LogP contribution in [0, 0.1) is 0 Å². The van der Waals surface area contributed by atoms with Crippen LogP contribution in [0.1, 0.15) is 112 Å². The van der Waals surface area contributed by atoms with E-state index in [2.05, 4.69) is 15.5 Å². The van der Waals surface area contributed by atoms with E-state index in [1.165, 1.54) is 6.07 Å². The molecule has 1 saturated heterocycles. The number of carbonyl (C=O) groups is 1. The molecule has 11 heteroatoms. The summed E-state index contributed by atoms with van der Waals surface area (Å²) in [6, 6.07) is 4.91. The van der Waals surface area contributed by atoms with E-state index >= 15 is 0 Å². The molecule has 3 rings (SSSR count). The van der Waals surface area contributed by atoms with Gasteiger partial charge in [0.05, 0.1) is 16.1 Å². The number of hydrogen-bond acceptors (Lipinski definition) is 8. The van der Waals surface area contributed by atoms with Gasteiger partial charge in [0.15, 0.2) is 15.7 Å². The third-order valence-corrected chi connectivity index (χ3v) is 6.93. The maximum atomic E-state index is 12.5. The van der Waals surface area contributed by atoms with Gasteiger partial charge in [0, 0.05) is 18.2 Å². The normalized spacial score (nSPS) is 15.7. The van der Waals surface area contributed by atoms with Gasteiger partial charge in [0.1, 0.15) is 0 Å². The highest BCUT2D eigenvalue weighted by Crippen LogP contribution is 2.36. The van der Waals surface area contributed by atoms with E-state index in [1.54, 1.807) is 12.1 Å². The maximum Gasteiger partial charge on any atom is 0.494 e. The first-order valence-corrected chi connectivity index (χ1v) is 15.2. The summed E-state index contributed by atoms with van der Waals surface area (Å²) in [5.41, 5.74) is -0.450. The molecule has 0 bridgehead atoms. The summed E-state index contributed by atoms with van der Waals surface area (Å²) in [7, 11) is -4.28. The molecule has 0 radical (unpaired) electrons. The van der Waals surface area contributed by atoms with Gasteiger partial charge in [-0.3, -0.25) is 4.79 Å². The van der Waals surface area contributed by atoms with Gasteiger partial charge in [-0.05, 0) is 44.8 Å². The number of rotatable bonds is 5. The molecule has 0 aliphatic carbocycles. The van der Waals surface area contributed by atoms with Crippen molar-refractivity contribution in [1.82, 2.24) is 15.5 Å². The number of nitrogens with zero attached hydrogens (tertiary/aromatic N) is 2. The number of aromatic nitrogens is 2. The van der Waals surface area contributed by atoms with Gasteiger partial charge in [-0.1, -0.05) is 79.6 Å². The van der Waals surface area contributed by atoms with Crippen molar-refractivity contribution in [3.63, 3.8) is 0 Å². The predicted molar refractivity (Wildman–Crippen MR) is 153 cm³/mol. The molecule has 1 aliphatic heterocycles. The summed E-state index contributed by atoms with van der Waals surface area (Å²) in [6.07, 6.45) is 1.12. The molecule has 9 nitrogen and oxygen atoms in total. The third kappa shape index (κ3) is 8.91. The predicted octanol–water partition coefficient (Wildman–Crippen LogP) is 5.08. The van der Waals surface area contributed by atoms with Crippen molar-refractivity contribution in [2.24, 2.45) is 0 Å². The highest BCUT2D eigenvalue weighted by atomic mass is 32.2.